The predicted molar refractivity (Wildman–Crippen MR) is 112 cm³/mol. The molecule has 0 amide bonds. The van der Waals surface area contributed by atoms with Crippen LogP contribution in [0.4, 0.5) is 4.39 Å². The SMILES string of the molecule is C=CCN1CC(CN2CCC(c3ccc(F)cc3)CC2)C(c2ccsc2)C1. The number of piperidine rings is 1. The van der Waals surface area contributed by atoms with Crippen molar-refractivity contribution in [2.75, 3.05) is 39.3 Å². The Bertz CT molecular complexity index is 719. The first-order valence-corrected chi connectivity index (χ1v) is 11.0. The second-order valence-corrected chi connectivity index (χ2v) is 8.84. The fourth-order valence-corrected chi connectivity index (χ4v) is 5.58. The highest BCUT2D eigenvalue weighted by molar-refractivity contribution is 7.08. The van der Waals surface area contributed by atoms with Gasteiger partial charge in [-0.25, -0.2) is 4.39 Å². The summed E-state index contributed by atoms with van der Waals surface area (Å²) in [5, 5.41) is 4.53. The summed E-state index contributed by atoms with van der Waals surface area (Å²) in [6.07, 6.45) is 4.39. The van der Waals surface area contributed by atoms with Crippen molar-refractivity contribution in [3.8, 4) is 0 Å². The number of halogens is 1. The Morgan fingerprint density at radius 2 is 1.81 bits per heavy atom. The minimum atomic E-state index is -0.138. The van der Waals surface area contributed by atoms with Crippen LogP contribution in [-0.4, -0.2) is 49.1 Å². The molecule has 1 aromatic heterocycles. The van der Waals surface area contributed by atoms with Crippen LogP contribution < -0.4 is 0 Å². The summed E-state index contributed by atoms with van der Waals surface area (Å²) in [6.45, 7) is 10.7. The Labute approximate surface area is 166 Å². The molecule has 0 saturated carbocycles. The van der Waals surface area contributed by atoms with Crippen LogP contribution >= 0.6 is 11.3 Å². The third-order valence-electron chi connectivity index (χ3n) is 6.30. The highest BCUT2D eigenvalue weighted by atomic mass is 32.1. The van der Waals surface area contributed by atoms with Gasteiger partial charge in [0, 0.05) is 32.1 Å². The van der Waals surface area contributed by atoms with Crippen LogP contribution in [0.1, 0.15) is 35.8 Å². The molecule has 0 N–H and O–H groups in total. The Kier molecular flexibility index (Phi) is 6.06. The highest BCUT2D eigenvalue weighted by Crippen LogP contribution is 2.36. The van der Waals surface area contributed by atoms with E-state index in [1.165, 1.54) is 37.1 Å². The monoisotopic (exact) mass is 384 g/mol. The minimum Gasteiger partial charge on any atom is -0.303 e. The van der Waals surface area contributed by atoms with Gasteiger partial charge in [0.15, 0.2) is 0 Å². The lowest BCUT2D eigenvalue weighted by atomic mass is 9.87. The number of hydrogen-bond donors (Lipinski definition) is 0. The summed E-state index contributed by atoms with van der Waals surface area (Å²) in [7, 11) is 0. The summed E-state index contributed by atoms with van der Waals surface area (Å²) >= 11 is 1.81. The third kappa shape index (κ3) is 4.50. The average Bonchev–Trinajstić information content (AvgIpc) is 3.33. The summed E-state index contributed by atoms with van der Waals surface area (Å²) in [4.78, 5) is 5.20. The zero-order valence-corrected chi connectivity index (χ0v) is 16.7. The van der Waals surface area contributed by atoms with Crippen LogP contribution in [0.5, 0.6) is 0 Å². The number of rotatable bonds is 6. The van der Waals surface area contributed by atoms with E-state index in [4.69, 9.17) is 0 Å². The molecule has 2 saturated heterocycles. The van der Waals surface area contributed by atoms with E-state index in [0.29, 0.717) is 17.8 Å². The predicted octanol–water partition coefficient (Wildman–Crippen LogP) is 4.97. The van der Waals surface area contributed by atoms with E-state index in [2.05, 4.69) is 33.2 Å². The van der Waals surface area contributed by atoms with Gasteiger partial charge in [0.2, 0.25) is 0 Å². The van der Waals surface area contributed by atoms with Crippen molar-refractivity contribution in [2.45, 2.75) is 24.7 Å². The van der Waals surface area contributed by atoms with E-state index < -0.39 is 0 Å². The smallest absolute Gasteiger partial charge is 0.123 e. The fourth-order valence-electron chi connectivity index (χ4n) is 4.86. The molecule has 4 rings (SSSR count). The Morgan fingerprint density at radius 1 is 1.04 bits per heavy atom. The van der Waals surface area contributed by atoms with Crippen LogP contribution in [0, 0.1) is 11.7 Å². The fraction of sp³-hybridized carbons (Fsp3) is 0.478. The van der Waals surface area contributed by atoms with E-state index >= 15 is 0 Å². The van der Waals surface area contributed by atoms with E-state index in [0.717, 1.165) is 26.2 Å². The average molecular weight is 385 g/mol. The first-order valence-electron chi connectivity index (χ1n) is 10.1. The quantitative estimate of drug-likeness (QED) is 0.649. The van der Waals surface area contributed by atoms with Crippen LogP contribution in [-0.2, 0) is 0 Å². The van der Waals surface area contributed by atoms with Crippen molar-refractivity contribution in [3.63, 3.8) is 0 Å². The van der Waals surface area contributed by atoms with E-state index in [1.807, 2.05) is 29.5 Å². The van der Waals surface area contributed by atoms with Gasteiger partial charge in [0.25, 0.3) is 0 Å². The molecular formula is C23H29FN2S. The molecule has 0 bridgehead atoms. The van der Waals surface area contributed by atoms with Gasteiger partial charge in [-0.3, -0.25) is 4.90 Å². The van der Waals surface area contributed by atoms with E-state index in [1.54, 1.807) is 12.1 Å². The summed E-state index contributed by atoms with van der Waals surface area (Å²) < 4.78 is 13.2. The number of nitrogens with zero attached hydrogens (tertiary/aromatic N) is 2. The van der Waals surface area contributed by atoms with Crippen LogP contribution in [0.2, 0.25) is 0 Å². The maximum atomic E-state index is 13.2. The van der Waals surface area contributed by atoms with Gasteiger partial charge in [0.1, 0.15) is 5.82 Å². The normalized spacial score (nSPS) is 25.1. The number of benzene rings is 1. The molecule has 2 nitrogen and oxygen atoms in total. The van der Waals surface area contributed by atoms with Gasteiger partial charge in [0.05, 0.1) is 0 Å². The zero-order chi connectivity index (χ0) is 18.6. The second-order valence-electron chi connectivity index (χ2n) is 8.06. The standard InChI is InChI=1S/C23H29FN2S/c1-2-10-26-15-21(23(16-26)20-9-13-27-17-20)14-25-11-7-19(8-12-25)18-3-5-22(24)6-4-18/h2-6,9,13,17,19,21,23H,1,7-8,10-12,14-16H2. The molecule has 2 aliphatic rings. The van der Waals surface area contributed by atoms with Crippen molar-refractivity contribution >= 4 is 11.3 Å². The lowest BCUT2D eigenvalue weighted by Gasteiger charge is -2.34. The summed E-state index contributed by atoms with van der Waals surface area (Å²) in [5.74, 6) is 1.78. The maximum absolute atomic E-state index is 13.2. The molecule has 2 atom stereocenters. The number of thiophene rings is 1. The molecule has 4 heteroatoms. The summed E-state index contributed by atoms with van der Waals surface area (Å²) in [5.41, 5.74) is 2.81. The van der Waals surface area contributed by atoms with Crippen molar-refractivity contribution < 1.29 is 4.39 Å². The lowest BCUT2D eigenvalue weighted by Crippen LogP contribution is -2.38. The van der Waals surface area contributed by atoms with Gasteiger partial charge in [-0.15, -0.1) is 6.58 Å². The molecule has 27 heavy (non-hydrogen) atoms. The van der Waals surface area contributed by atoms with Crippen LogP contribution in [0.15, 0.2) is 53.7 Å². The Morgan fingerprint density at radius 3 is 2.48 bits per heavy atom. The largest absolute Gasteiger partial charge is 0.303 e. The molecule has 0 aliphatic carbocycles. The highest BCUT2D eigenvalue weighted by Gasteiger charge is 2.35. The summed E-state index contributed by atoms with van der Waals surface area (Å²) in [6, 6.07) is 9.43. The maximum Gasteiger partial charge on any atom is 0.123 e. The first kappa shape index (κ1) is 18.9. The van der Waals surface area contributed by atoms with Crippen molar-refractivity contribution in [2.24, 2.45) is 5.92 Å². The number of hydrogen-bond acceptors (Lipinski definition) is 3. The molecular weight excluding hydrogens is 355 g/mol. The van der Waals surface area contributed by atoms with Gasteiger partial charge in [-0.05, 0) is 77.9 Å². The molecule has 0 radical (unpaired) electrons. The van der Waals surface area contributed by atoms with Gasteiger partial charge < -0.3 is 4.90 Å². The molecule has 0 spiro atoms. The minimum absolute atomic E-state index is 0.138. The van der Waals surface area contributed by atoms with Gasteiger partial charge in [-0.1, -0.05) is 18.2 Å². The second kappa shape index (κ2) is 8.68. The van der Waals surface area contributed by atoms with Crippen LogP contribution in [0.25, 0.3) is 0 Å². The van der Waals surface area contributed by atoms with Gasteiger partial charge >= 0.3 is 0 Å². The van der Waals surface area contributed by atoms with E-state index in [9.17, 15) is 4.39 Å². The van der Waals surface area contributed by atoms with Crippen LogP contribution in [0.3, 0.4) is 0 Å². The lowest BCUT2D eigenvalue weighted by molar-refractivity contribution is 0.178. The Hall–Kier alpha value is -1.49. The third-order valence-corrected chi connectivity index (χ3v) is 7.00. The zero-order valence-electron chi connectivity index (χ0n) is 15.9. The van der Waals surface area contributed by atoms with Crippen molar-refractivity contribution in [1.82, 2.24) is 9.80 Å². The molecule has 2 fully saturated rings. The first-order chi connectivity index (χ1) is 13.2. The molecule has 2 aromatic rings. The molecule has 144 valence electrons. The van der Waals surface area contributed by atoms with Gasteiger partial charge in [-0.2, -0.15) is 11.3 Å². The topological polar surface area (TPSA) is 6.48 Å². The number of likely N-dealkylation sites (tertiary alicyclic amines) is 2. The van der Waals surface area contributed by atoms with Crippen molar-refractivity contribution in [3.05, 3.63) is 70.7 Å². The van der Waals surface area contributed by atoms with Crippen molar-refractivity contribution in [1.29, 1.82) is 0 Å². The van der Waals surface area contributed by atoms with E-state index in [-0.39, 0.29) is 5.82 Å². The Balaban J connectivity index is 1.35. The molecule has 3 heterocycles. The molecule has 2 unspecified atom stereocenters. The molecule has 1 aromatic carbocycles. The molecule has 2 aliphatic heterocycles.